The summed E-state index contributed by atoms with van der Waals surface area (Å²) in [6.45, 7) is 48.7. The number of benzene rings is 5. The SMILES string of the molecule is CC.CC.CC.CC(C)c1ccc(O)cc1.CC(O)(C1CC2CCC1C2)C(F)(F)F.CC(O)(CC1CC2CCC1C2)C(F)(F)F.CCC(C(=O)O)C(F)(F)F.CCC(C)(O)C(F)(F)F.CCC(C)C(=O)O.CCC(C)O.CCCC(=O)O.CCCC(C)(O)C(F)(F)F.CCCc1ccc(CC(C)(C)O)cc1.CCCc1ccc(O)cc1.CCc1ccc(CC(C)(C)O)cc1.CCc1ccc(O)cc1.O=C(O)C1CC2CCC1C2. The normalized spacial score (nSPS) is 20.0. The van der Waals surface area contributed by atoms with Gasteiger partial charge >= 0.3 is 54.8 Å². The number of carboxylic acid groups (broad SMARTS) is 4. The largest absolute Gasteiger partial charge is 0.508 e. The monoisotopic (exact) mass is 2140 g/mol. The first kappa shape index (κ1) is 151. The van der Waals surface area contributed by atoms with Gasteiger partial charge in [-0.1, -0.05) is 255 Å². The first-order valence-corrected chi connectivity index (χ1v) is 52.8. The number of fused-ring (bicyclic) bond motifs is 6. The quantitative estimate of drug-likeness (QED) is 0.0241. The third-order valence-corrected chi connectivity index (χ3v) is 25.7. The van der Waals surface area contributed by atoms with Gasteiger partial charge < -0.3 is 71.5 Å². The fraction of sp³-hybridized carbons (Fsp3) is 0.704. The zero-order chi connectivity index (χ0) is 117. The highest BCUT2D eigenvalue weighted by Gasteiger charge is 2.60. The van der Waals surface area contributed by atoms with Crippen molar-refractivity contribution in [3.63, 3.8) is 0 Å². The van der Waals surface area contributed by atoms with E-state index in [1.54, 1.807) is 57.2 Å². The van der Waals surface area contributed by atoms with Crippen LogP contribution in [0.5, 0.6) is 17.2 Å². The first-order chi connectivity index (χ1) is 68.0. The zero-order valence-electron chi connectivity index (χ0n) is 93.6. The number of rotatable bonds is 25. The minimum atomic E-state index is -4.61. The maximum absolute atomic E-state index is 12.6. The van der Waals surface area contributed by atoms with Crippen molar-refractivity contribution in [1.82, 2.24) is 0 Å². The molecule has 16 atom stereocenters. The van der Waals surface area contributed by atoms with Gasteiger partial charge in [0.2, 0.25) is 0 Å². The van der Waals surface area contributed by atoms with Gasteiger partial charge in [-0.2, -0.15) is 65.9 Å². The molecule has 862 valence electrons. The Kier molecular flexibility index (Phi) is 76.3. The van der Waals surface area contributed by atoms with Gasteiger partial charge in [-0.3, -0.25) is 19.2 Å². The number of carbonyl (C=O) groups is 4. The van der Waals surface area contributed by atoms with Crippen LogP contribution in [-0.4, -0.2) is 166 Å². The van der Waals surface area contributed by atoms with Crippen LogP contribution in [0, 0.1) is 65.1 Å². The van der Waals surface area contributed by atoms with Crippen molar-refractivity contribution in [3.05, 3.63) is 160 Å². The number of aliphatic hydroxyl groups is 7. The fourth-order valence-electron chi connectivity index (χ4n) is 16.3. The fourth-order valence-corrected chi connectivity index (χ4v) is 16.3. The molecular formula is C115H189F15O18. The van der Waals surface area contributed by atoms with Gasteiger partial charge in [0.1, 0.15) is 17.2 Å². The highest BCUT2D eigenvalue weighted by atomic mass is 19.4. The third-order valence-electron chi connectivity index (χ3n) is 25.7. The number of alkyl halides is 15. The van der Waals surface area contributed by atoms with Crippen molar-refractivity contribution in [2.24, 2.45) is 65.1 Å². The minimum Gasteiger partial charge on any atom is -0.508 e. The van der Waals surface area contributed by atoms with E-state index in [9.17, 15) is 105 Å². The molecule has 11 rings (SSSR count). The van der Waals surface area contributed by atoms with Crippen molar-refractivity contribution >= 4 is 23.9 Å². The lowest BCUT2D eigenvalue weighted by atomic mass is 9.77. The van der Waals surface area contributed by atoms with Crippen molar-refractivity contribution < 1.29 is 157 Å². The van der Waals surface area contributed by atoms with Crippen molar-refractivity contribution in [2.75, 3.05) is 0 Å². The molecule has 6 bridgehead atoms. The summed E-state index contributed by atoms with van der Waals surface area (Å²) in [5, 5.41) is 123. The van der Waals surface area contributed by atoms with Gasteiger partial charge in [0.15, 0.2) is 28.3 Å². The molecular weight excluding hydrogens is 1950 g/mol. The van der Waals surface area contributed by atoms with E-state index in [2.05, 4.69) is 90.1 Å². The predicted octanol–water partition coefficient (Wildman–Crippen LogP) is 31.0. The molecule has 0 radical (unpaired) electrons. The molecule has 6 fully saturated rings. The second-order valence-corrected chi connectivity index (χ2v) is 40.4. The Labute approximate surface area is 875 Å². The van der Waals surface area contributed by atoms with Gasteiger partial charge in [0.05, 0.1) is 29.1 Å². The Morgan fingerprint density at radius 3 is 0.885 bits per heavy atom. The number of hydrogen-bond donors (Lipinski definition) is 14. The number of aliphatic carboxylic acids is 4. The Morgan fingerprint density at radius 1 is 0.365 bits per heavy atom. The molecule has 5 aromatic rings. The van der Waals surface area contributed by atoms with Crippen LogP contribution in [0.3, 0.4) is 0 Å². The van der Waals surface area contributed by atoms with Crippen molar-refractivity contribution in [2.45, 2.75) is 457 Å². The molecule has 6 aliphatic rings. The summed E-state index contributed by atoms with van der Waals surface area (Å²) in [6.07, 6.45) is -0.567. The molecule has 5 aromatic carbocycles. The Bertz CT molecular complexity index is 4180. The van der Waals surface area contributed by atoms with Crippen molar-refractivity contribution in [1.29, 1.82) is 0 Å². The van der Waals surface area contributed by atoms with Crippen molar-refractivity contribution in [3.8, 4) is 17.2 Å². The number of aromatic hydroxyl groups is 3. The third kappa shape index (κ3) is 66.1. The zero-order valence-corrected chi connectivity index (χ0v) is 93.6. The van der Waals surface area contributed by atoms with Gasteiger partial charge in [0, 0.05) is 19.3 Å². The smallest absolute Gasteiger partial charge is 0.417 e. The average molecular weight is 2140 g/mol. The van der Waals surface area contributed by atoms with Crippen LogP contribution in [0.2, 0.25) is 0 Å². The lowest BCUT2D eigenvalue weighted by molar-refractivity contribution is -0.277. The number of halogens is 15. The molecule has 0 amide bonds. The van der Waals surface area contributed by atoms with E-state index in [0.29, 0.717) is 66.1 Å². The maximum Gasteiger partial charge on any atom is 0.417 e. The van der Waals surface area contributed by atoms with E-state index in [-0.39, 0.29) is 49.0 Å². The molecule has 0 heterocycles. The van der Waals surface area contributed by atoms with Crippen LogP contribution in [0.4, 0.5) is 65.9 Å². The molecule has 16 unspecified atom stereocenters. The summed E-state index contributed by atoms with van der Waals surface area (Å²) in [5.74, 6) is -2.22. The van der Waals surface area contributed by atoms with E-state index in [4.69, 9.17) is 51.1 Å². The average Bonchev–Trinajstić information content (AvgIpc) is 1.61. The van der Waals surface area contributed by atoms with Crippen LogP contribution in [-0.2, 0) is 57.7 Å². The van der Waals surface area contributed by atoms with Gasteiger partial charge in [-0.05, 0) is 319 Å². The second kappa shape index (κ2) is 74.9. The van der Waals surface area contributed by atoms with E-state index in [1.807, 2.05) is 126 Å². The minimum absolute atomic E-state index is 0.0127. The molecule has 33 heteroatoms. The molecule has 148 heavy (non-hydrogen) atoms. The topological polar surface area (TPSA) is 352 Å². The predicted molar refractivity (Wildman–Crippen MR) is 562 cm³/mol. The van der Waals surface area contributed by atoms with E-state index < -0.39 is 107 Å². The summed E-state index contributed by atoms with van der Waals surface area (Å²) in [4.78, 5) is 40.0. The van der Waals surface area contributed by atoms with Gasteiger partial charge in [0.25, 0.3) is 0 Å². The Hall–Kier alpha value is -7.95. The van der Waals surface area contributed by atoms with Gasteiger partial charge in [-0.25, -0.2) is 0 Å². The summed E-state index contributed by atoms with van der Waals surface area (Å²) in [7, 11) is 0. The lowest BCUT2D eigenvalue weighted by Gasteiger charge is -2.37. The van der Waals surface area contributed by atoms with Crippen LogP contribution in [0.15, 0.2) is 121 Å². The molecule has 14 N–H and O–H groups in total. The number of aliphatic hydroxyl groups excluding tert-OH is 1. The standard InChI is InChI=1S/C13H20O.C12H18O.C11H17F3O.C10H15F3O.2C9H12O.C8H12O2.C8H10O.C6H11F3O.C5H7F3O2.C5H9F3O.C5H10O2.C4H8O2.C4H10O.3C2H6/c1-4-5-11-6-8-12(9-7-11)10-13(2,3)14;1-4-10-5-7-11(8-6-10)9-12(2,3)13;1-10(15,11(12,13)14)6-9-5-7-2-3-8(9)4-7;1-9(14,10(11,12)13)8-5-6-2-3-7(8)4-6;1-7(2)8-3-5-9(10)6-4-8;1-2-3-8-4-6-9(10)7-5-8;9-8(10)7-4-5-1-2-6(7)3-5;1-2-7-3-5-8(9)6-4-7;1-3-4-5(2,10)6(7,8)9;1-2-3(4(9)10)5(6,7)8;1-3-4(2,9)5(6,7)8;1-3-4(2)5(6)7;1-2-3-4(5)6;1-3-4(2)5;3*1-2/h6-9,14H,4-5,10H2,1-3H3;5-8,13H,4,9H2,1-3H3;7-9,15H,2-6H2,1H3;6-8,14H,2-5H2,1H3;3-7,10H,1-2H3;4-7,10H,2-3H2,1H3;5-7H,1-4H2,(H,9,10);3-6,9H,2H2,1H3;10H,3-4H2,1-2H3;3H,2H2,1H3,(H,9,10);9H,3H2,1-2H3;4H,3H2,1-2H3,(H,6,7);2-3H2,1H3,(H,5,6);4-5H,3H2,1-2H3;3*1-2H3. The van der Waals surface area contributed by atoms with Gasteiger partial charge in [-0.15, -0.1) is 0 Å². The number of phenols is 3. The molecule has 0 aromatic heterocycles. The summed E-state index contributed by atoms with van der Waals surface area (Å²) in [6, 6.07) is 38.9. The molecule has 18 nitrogen and oxygen atoms in total. The van der Waals surface area contributed by atoms with Crippen LogP contribution in [0.25, 0.3) is 0 Å². The summed E-state index contributed by atoms with van der Waals surface area (Å²) < 4.78 is 180. The number of hydrogen-bond acceptors (Lipinski definition) is 14. The molecule has 6 aliphatic carbocycles. The van der Waals surface area contributed by atoms with E-state index in [0.717, 1.165) is 143 Å². The highest BCUT2D eigenvalue weighted by Crippen LogP contribution is 2.56. The maximum atomic E-state index is 12.6. The van der Waals surface area contributed by atoms with Crippen LogP contribution < -0.4 is 0 Å². The van der Waals surface area contributed by atoms with E-state index in [1.165, 1.54) is 84.9 Å². The van der Waals surface area contributed by atoms with Crippen LogP contribution in [0.1, 0.15) is 386 Å². The first-order valence-electron chi connectivity index (χ1n) is 52.8. The van der Waals surface area contributed by atoms with Crippen LogP contribution >= 0.6 is 0 Å². The molecule has 0 saturated heterocycles. The Balaban J connectivity index is -0.000000368. The Morgan fingerprint density at radius 2 is 0.696 bits per heavy atom. The van der Waals surface area contributed by atoms with E-state index >= 15 is 0 Å². The lowest BCUT2D eigenvalue weighted by Crippen LogP contribution is -2.50. The molecule has 0 spiro atoms. The second-order valence-electron chi connectivity index (χ2n) is 40.4. The number of aryl methyl sites for hydroxylation is 4. The number of phenolic OH excluding ortho intramolecular Hbond substituents is 3. The summed E-state index contributed by atoms with van der Waals surface area (Å²) >= 11 is 0. The molecule has 6 saturated carbocycles. The number of carboxylic acids is 4. The summed E-state index contributed by atoms with van der Waals surface area (Å²) in [5.41, 5.74) is -2.27. The highest BCUT2D eigenvalue weighted by molar-refractivity contribution is 5.71. The molecule has 0 aliphatic heterocycles.